The average molecular weight is 383 g/mol. The van der Waals surface area contributed by atoms with E-state index in [0.29, 0.717) is 26.2 Å². The number of hydrogen-bond donors (Lipinski definition) is 2. The quantitative estimate of drug-likeness (QED) is 0.556. The normalized spacial score (nSPS) is 22.0. The number of nitrogens with zero attached hydrogens (tertiary/aromatic N) is 2. The predicted octanol–water partition coefficient (Wildman–Crippen LogP) is 0.189. The van der Waals surface area contributed by atoms with Gasteiger partial charge in [-0.05, 0) is 5.56 Å². The van der Waals surface area contributed by atoms with Crippen LogP contribution < -0.4 is 5.48 Å². The van der Waals surface area contributed by atoms with Crippen molar-refractivity contribution in [1.82, 2.24) is 14.7 Å². The van der Waals surface area contributed by atoms with Crippen LogP contribution in [0.2, 0.25) is 0 Å². The SMILES string of the molecule is O=C(NO)C1(S(=O)(=O)N2CCN(Cc3ccccc3)CC2)CCOCC1. The summed E-state index contributed by atoms with van der Waals surface area (Å²) >= 11 is 0. The number of hydroxylamine groups is 1. The van der Waals surface area contributed by atoms with Crippen LogP contribution >= 0.6 is 0 Å². The van der Waals surface area contributed by atoms with E-state index in [1.807, 2.05) is 30.3 Å². The summed E-state index contributed by atoms with van der Waals surface area (Å²) in [6.45, 7) is 2.99. The Labute approximate surface area is 153 Å². The molecule has 2 heterocycles. The smallest absolute Gasteiger partial charge is 0.266 e. The molecule has 9 heteroatoms. The fourth-order valence-electron chi connectivity index (χ4n) is 3.62. The number of sulfonamides is 1. The van der Waals surface area contributed by atoms with Gasteiger partial charge in [0, 0.05) is 58.8 Å². The molecular weight excluding hydrogens is 358 g/mol. The Balaban J connectivity index is 1.69. The van der Waals surface area contributed by atoms with Crippen LogP contribution in [-0.4, -0.2) is 72.9 Å². The fourth-order valence-corrected chi connectivity index (χ4v) is 5.72. The summed E-state index contributed by atoms with van der Waals surface area (Å²) in [6.07, 6.45) is 0.0952. The third kappa shape index (κ3) is 3.63. The lowest BCUT2D eigenvalue weighted by molar-refractivity contribution is -0.134. The van der Waals surface area contributed by atoms with E-state index >= 15 is 0 Å². The first-order valence-corrected chi connectivity index (χ1v) is 10.2. The van der Waals surface area contributed by atoms with Crippen molar-refractivity contribution in [2.75, 3.05) is 39.4 Å². The highest BCUT2D eigenvalue weighted by molar-refractivity contribution is 7.91. The zero-order valence-corrected chi connectivity index (χ0v) is 15.5. The molecule has 0 unspecified atom stereocenters. The maximum absolute atomic E-state index is 13.2. The van der Waals surface area contributed by atoms with E-state index in [2.05, 4.69) is 4.90 Å². The number of ether oxygens (including phenoxy) is 1. The van der Waals surface area contributed by atoms with Gasteiger partial charge in [0.25, 0.3) is 5.91 Å². The van der Waals surface area contributed by atoms with Crippen LogP contribution in [0.3, 0.4) is 0 Å². The molecule has 0 aromatic heterocycles. The molecule has 0 radical (unpaired) electrons. The summed E-state index contributed by atoms with van der Waals surface area (Å²) in [6, 6.07) is 10.0. The lowest BCUT2D eigenvalue weighted by Crippen LogP contribution is -2.62. The Kier molecular flexibility index (Phi) is 5.93. The number of nitrogens with one attached hydrogen (secondary N) is 1. The van der Waals surface area contributed by atoms with Gasteiger partial charge in [-0.2, -0.15) is 4.31 Å². The van der Waals surface area contributed by atoms with E-state index in [4.69, 9.17) is 9.94 Å². The standard InChI is InChI=1S/C17H25N3O5S/c21-16(18-22)17(6-12-25-13-7-17)26(23,24)20-10-8-19(9-11-20)14-15-4-2-1-3-5-15/h1-5,22H,6-14H2,(H,18,21). The topological polar surface area (TPSA) is 99.2 Å². The molecule has 144 valence electrons. The minimum Gasteiger partial charge on any atom is -0.381 e. The summed E-state index contributed by atoms with van der Waals surface area (Å²) in [5.41, 5.74) is 2.74. The summed E-state index contributed by atoms with van der Waals surface area (Å²) in [5.74, 6) is -0.868. The Morgan fingerprint density at radius 3 is 2.31 bits per heavy atom. The zero-order valence-electron chi connectivity index (χ0n) is 14.6. The average Bonchev–Trinajstić information content (AvgIpc) is 2.69. The molecule has 0 atom stereocenters. The van der Waals surface area contributed by atoms with Gasteiger partial charge in [0.2, 0.25) is 10.0 Å². The number of carbonyl (C=O) groups excluding carboxylic acids is 1. The monoisotopic (exact) mass is 383 g/mol. The first-order valence-electron chi connectivity index (χ1n) is 8.78. The van der Waals surface area contributed by atoms with Gasteiger partial charge in [0.05, 0.1) is 0 Å². The van der Waals surface area contributed by atoms with Crippen LogP contribution in [0.4, 0.5) is 0 Å². The molecule has 2 fully saturated rings. The van der Waals surface area contributed by atoms with E-state index in [1.54, 1.807) is 5.48 Å². The molecule has 1 aromatic carbocycles. The van der Waals surface area contributed by atoms with Gasteiger partial charge in [-0.25, -0.2) is 13.9 Å². The second-order valence-corrected chi connectivity index (χ2v) is 8.96. The molecule has 0 aliphatic carbocycles. The Hall–Kier alpha value is -1.52. The number of rotatable bonds is 5. The molecule has 3 rings (SSSR count). The number of carbonyl (C=O) groups is 1. The van der Waals surface area contributed by atoms with E-state index < -0.39 is 20.7 Å². The van der Waals surface area contributed by atoms with Crippen LogP contribution in [0.25, 0.3) is 0 Å². The van der Waals surface area contributed by atoms with Gasteiger partial charge in [0.15, 0.2) is 4.75 Å². The van der Waals surface area contributed by atoms with E-state index in [1.165, 1.54) is 9.87 Å². The number of benzene rings is 1. The van der Waals surface area contributed by atoms with E-state index in [9.17, 15) is 13.2 Å². The third-order valence-electron chi connectivity index (χ3n) is 5.23. The van der Waals surface area contributed by atoms with E-state index in [-0.39, 0.29) is 26.1 Å². The van der Waals surface area contributed by atoms with Crippen molar-refractivity contribution in [2.45, 2.75) is 24.1 Å². The minimum absolute atomic E-state index is 0.0476. The van der Waals surface area contributed by atoms with E-state index in [0.717, 1.165) is 6.54 Å². The molecule has 8 nitrogen and oxygen atoms in total. The molecule has 0 saturated carbocycles. The van der Waals surface area contributed by atoms with Crippen molar-refractivity contribution < 1.29 is 23.2 Å². The summed E-state index contributed by atoms with van der Waals surface area (Å²) < 4.78 is 31.4. The van der Waals surface area contributed by atoms with Gasteiger partial charge >= 0.3 is 0 Å². The molecule has 26 heavy (non-hydrogen) atoms. The maximum Gasteiger partial charge on any atom is 0.266 e. The summed E-state index contributed by atoms with van der Waals surface area (Å²) in [7, 11) is -3.90. The molecule has 2 saturated heterocycles. The molecule has 2 aliphatic heterocycles. The molecule has 0 spiro atoms. The van der Waals surface area contributed by atoms with Gasteiger partial charge in [0.1, 0.15) is 0 Å². The van der Waals surface area contributed by atoms with Gasteiger partial charge in [-0.3, -0.25) is 14.9 Å². The highest BCUT2D eigenvalue weighted by atomic mass is 32.2. The van der Waals surface area contributed by atoms with Crippen molar-refractivity contribution in [3.63, 3.8) is 0 Å². The van der Waals surface area contributed by atoms with Crippen LogP contribution in [-0.2, 0) is 26.1 Å². The number of piperazine rings is 1. The fraction of sp³-hybridized carbons (Fsp3) is 0.588. The van der Waals surface area contributed by atoms with Crippen molar-refractivity contribution in [3.05, 3.63) is 35.9 Å². The van der Waals surface area contributed by atoms with Crippen LogP contribution in [0.5, 0.6) is 0 Å². The Bertz CT molecular complexity index is 711. The van der Waals surface area contributed by atoms with Crippen molar-refractivity contribution >= 4 is 15.9 Å². The third-order valence-corrected chi connectivity index (χ3v) is 7.86. The minimum atomic E-state index is -3.90. The van der Waals surface area contributed by atoms with Crippen molar-refractivity contribution in [2.24, 2.45) is 0 Å². The van der Waals surface area contributed by atoms with Crippen molar-refractivity contribution in [3.8, 4) is 0 Å². The second-order valence-electron chi connectivity index (χ2n) is 6.71. The van der Waals surface area contributed by atoms with Crippen LogP contribution in [0, 0.1) is 0 Å². The van der Waals surface area contributed by atoms with Crippen LogP contribution in [0.15, 0.2) is 30.3 Å². The summed E-state index contributed by atoms with van der Waals surface area (Å²) in [5, 5.41) is 9.09. The first-order chi connectivity index (χ1) is 12.5. The van der Waals surface area contributed by atoms with Crippen LogP contribution in [0.1, 0.15) is 18.4 Å². The predicted molar refractivity (Wildman–Crippen MR) is 94.9 cm³/mol. The highest BCUT2D eigenvalue weighted by Gasteiger charge is 2.54. The molecule has 0 bridgehead atoms. The van der Waals surface area contributed by atoms with Gasteiger partial charge in [-0.1, -0.05) is 30.3 Å². The number of amides is 1. The highest BCUT2D eigenvalue weighted by Crippen LogP contribution is 2.33. The largest absolute Gasteiger partial charge is 0.381 e. The van der Waals surface area contributed by atoms with Gasteiger partial charge in [-0.15, -0.1) is 0 Å². The lowest BCUT2D eigenvalue weighted by atomic mass is 9.98. The summed E-state index contributed by atoms with van der Waals surface area (Å²) in [4.78, 5) is 14.4. The molecule has 1 amide bonds. The molecule has 2 aliphatic rings. The van der Waals surface area contributed by atoms with Crippen molar-refractivity contribution in [1.29, 1.82) is 0 Å². The Morgan fingerprint density at radius 2 is 1.73 bits per heavy atom. The number of hydrogen-bond acceptors (Lipinski definition) is 6. The molecular formula is C17H25N3O5S. The molecule has 2 N–H and O–H groups in total. The van der Waals surface area contributed by atoms with Gasteiger partial charge < -0.3 is 4.74 Å². The first kappa shape index (κ1) is 19.2. The zero-order chi connectivity index (χ0) is 18.6. The lowest BCUT2D eigenvalue weighted by Gasteiger charge is -2.41. The second kappa shape index (κ2) is 8.01. The molecule has 1 aromatic rings. The maximum atomic E-state index is 13.2. The Morgan fingerprint density at radius 1 is 1.12 bits per heavy atom.